The summed E-state index contributed by atoms with van der Waals surface area (Å²) in [5.74, 6) is -0.238. The van der Waals surface area contributed by atoms with Crippen LogP contribution in [0.2, 0.25) is 0 Å². The first kappa shape index (κ1) is 18.9. The Kier molecular flexibility index (Phi) is 6.50. The van der Waals surface area contributed by atoms with Gasteiger partial charge in [0.2, 0.25) is 15.9 Å². The van der Waals surface area contributed by atoms with Gasteiger partial charge in [0.25, 0.3) is 0 Å². The van der Waals surface area contributed by atoms with E-state index in [9.17, 15) is 13.2 Å². The van der Waals surface area contributed by atoms with Crippen molar-refractivity contribution >= 4 is 27.7 Å². The van der Waals surface area contributed by atoms with E-state index in [1.165, 1.54) is 6.08 Å². The zero-order valence-corrected chi connectivity index (χ0v) is 15.1. The minimum atomic E-state index is -3.57. The lowest BCUT2D eigenvalue weighted by atomic mass is 10.1. The molecule has 0 atom stereocenters. The van der Waals surface area contributed by atoms with E-state index >= 15 is 0 Å². The van der Waals surface area contributed by atoms with E-state index in [2.05, 4.69) is 10.0 Å². The molecule has 0 aliphatic rings. The minimum Gasteiger partial charge on any atom is -0.326 e. The quantitative estimate of drug-likeness (QED) is 0.798. The van der Waals surface area contributed by atoms with Crippen molar-refractivity contribution in [1.29, 1.82) is 0 Å². The molecule has 132 valence electrons. The first-order valence-electron chi connectivity index (χ1n) is 7.96. The van der Waals surface area contributed by atoms with Gasteiger partial charge in [-0.1, -0.05) is 36.4 Å². The Morgan fingerprint density at radius 3 is 2.44 bits per heavy atom. The molecule has 0 fully saturated rings. The molecule has 0 heterocycles. The fraction of sp³-hybridized carbons (Fsp3) is 0.211. The SMILES string of the molecule is Cc1ccc(NC(=O)CCNS(=O)(=O)C=Cc2ccccc2)cc1C. The Morgan fingerprint density at radius 2 is 1.76 bits per heavy atom. The summed E-state index contributed by atoms with van der Waals surface area (Å²) in [4.78, 5) is 11.9. The highest BCUT2D eigenvalue weighted by Crippen LogP contribution is 2.14. The Bertz CT molecular complexity index is 859. The predicted molar refractivity (Wildman–Crippen MR) is 102 cm³/mol. The molecule has 2 N–H and O–H groups in total. The number of anilines is 1. The van der Waals surface area contributed by atoms with Crippen LogP contribution in [0.1, 0.15) is 23.1 Å². The number of aryl methyl sites for hydroxylation is 2. The summed E-state index contributed by atoms with van der Waals surface area (Å²) in [7, 11) is -3.57. The highest BCUT2D eigenvalue weighted by molar-refractivity contribution is 7.92. The summed E-state index contributed by atoms with van der Waals surface area (Å²) in [6.07, 6.45) is 1.57. The summed E-state index contributed by atoms with van der Waals surface area (Å²) < 4.78 is 26.2. The lowest BCUT2D eigenvalue weighted by Crippen LogP contribution is -2.26. The second kappa shape index (κ2) is 8.60. The van der Waals surface area contributed by atoms with Crippen LogP contribution in [0.3, 0.4) is 0 Å². The fourth-order valence-electron chi connectivity index (χ4n) is 2.13. The summed E-state index contributed by atoms with van der Waals surface area (Å²) in [5, 5.41) is 3.86. The Labute approximate surface area is 148 Å². The topological polar surface area (TPSA) is 75.3 Å². The van der Waals surface area contributed by atoms with Crippen LogP contribution in [-0.4, -0.2) is 20.9 Å². The lowest BCUT2D eigenvalue weighted by molar-refractivity contribution is -0.116. The summed E-state index contributed by atoms with van der Waals surface area (Å²) in [6.45, 7) is 4.01. The predicted octanol–water partition coefficient (Wildman–Crippen LogP) is 3.22. The molecule has 0 spiro atoms. The van der Waals surface area contributed by atoms with Crippen LogP contribution in [-0.2, 0) is 14.8 Å². The third-order valence-corrected chi connectivity index (χ3v) is 4.79. The molecule has 2 rings (SSSR count). The van der Waals surface area contributed by atoms with Crippen LogP contribution < -0.4 is 10.0 Å². The van der Waals surface area contributed by atoms with Gasteiger partial charge in [0, 0.05) is 24.1 Å². The van der Waals surface area contributed by atoms with Gasteiger partial charge in [-0.3, -0.25) is 4.79 Å². The molecule has 0 radical (unpaired) electrons. The summed E-state index contributed by atoms with van der Waals surface area (Å²) in [5.41, 5.74) is 3.74. The van der Waals surface area contributed by atoms with Gasteiger partial charge in [-0.15, -0.1) is 0 Å². The first-order chi connectivity index (χ1) is 11.9. The zero-order valence-electron chi connectivity index (χ0n) is 14.3. The number of benzene rings is 2. The molecule has 0 bridgehead atoms. The molecule has 0 saturated carbocycles. The average Bonchev–Trinajstić information content (AvgIpc) is 2.57. The number of hydrogen-bond acceptors (Lipinski definition) is 3. The van der Waals surface area contributed by atoms with Gasteiger partial charge in [-0.05, 0) is 48.7 Å². The Morgan fingerprint density at radius 1 is 1.04 bits per heavy atom. The highest BCUT2D eigenvalue weighted by Gasteiger charge is 2.08. The van der Waals surface area contributed by atoms with Gasteiger partial charge in [0.15, 0.2) is 0 Å². The number of amides is 1. The maximum Gasteiger partial charge on any atom is 0.233 e. The van der Waals surface area contributed by atoms with E-state index in [0.717, 1.165) is 22.1 Å². The maximum absolute atomic E-state index is 11.9. The van der Waals surface area contributed by atoms with Crippen LogP contribution >= 0.6 is 0 Å². The first-order valence-corrected chi connectivity index (χ1v) is 9.50. The van der Waals surface area contributed by atoms with Crippen molar-refractivity contribution in [3.63, 3.8) is 0 Å². The van der Waals surface area contributed by atoms with Gasteiger partial charge in [-0.2, -0.15) is 0 Å². The number of nitrogens with one attached hydrogen (secondary N) is 2. The van der Waals surface area contributed by atoms with Crippen molar-refractivity contribution in [1.82, 2.24) is 4.72 Å². The number of carbonyl (C=O) groups is 1. The molecule has 1 amide bonds. The van der Waals surface area contributed by atoms with Crippen molar-refractivity contribution in [3.05, 3.63) is 70.6 Å². The second-order valence-corrected chi connectivity index (χ2v) is 7.40. The Balaban J connectivity index is 1.81. The molecule has 0 unspecified atom stereocenters. The standard InChI is InChI=1S/C19H22N2O3S/c1-15-8-9-18(14-16(15)2)21-19(22)10-12-20-25(23,24)13-11-17-6-4-3-5-7-17/h3-9,11,13-14,20H,10,12H2,1-2H3,(H,21,22). The molecule has 0 aliphatic carbocycles. The van der Waals surface area contributed by atoms with Crippen LogP contribution in [0, 0.1) is 13.8 Å². The largest absolute Gasteiger partial charge is 0.326 e. The van der Waals surface area contributed by atoms with Crippen molar-refractivity contribution in [2.45, 2.75) is 20.3 Å². The van der Waals surface area contributed by atoms with Gasteiger partial charge < -0.3 is 5.32 Å². The van der Waals surface area contributed by atoms with E-state index in [4.69, 9.17) is 0 Å². The number of hydrogen-bond donors (Lipinski definition) is 2. The monoisotopic (exact) mass is 358 g/mol. The van der Waals surface area contributed by atoms with Gasteiger partial charge in [-0.25, -0.2) is 13.1 Å². The van der Waals surface area contributed by atoms with E-state index in [-0.39, 0.29) is 18.9 Å². The van der Waals surface area contributed by atoms with Crippen molar-refractivity contribution in [3.8, 4) is 0 Å². The molecule has 25 heavy (non-hydrogen) atoms. The van der Waals surface area contributed by atoms with Gasteiger partial charge in [0.05, 0.1) is 0 Å². The number of sulfonamides is 1. The van der Waals surface area contributed by atoms with Gasteiger partial charge in [0.1, 0.15) is 0 Å². The average molecular weight is 358 g/mol. The maximum atomic E-state index is 11.9. The van der Waals surface area contributed by atoms with Crippen LogP contribution in [0.5, 0.6) is 0 Å². The van der Waals surface area contributed by atoms with Crippen LogP contribution in [0.15, 0.2) is 53.9 Å². The summed E-state index contributed by atoms with van der Waals surface area (Å²) >= 11 is 0. The zero-order chi connectivity index (χ0) is 18.3. The summed E-state index contributed by atoms with van der Waals surface area (Å²) in [6, 6.07) is 14.8. The van der Waals surface area contributed by atoms with E-state index < -0.39 is 10.0 Å². The molecule has 2 aromatic carbocycles. The molecule has 2 aromatic rings. The third-order valence-electron chi connectivity index (χ3n) is 3.69. The molecule has 5 nitrogen and oxygen atoms in total. The molecule has 0 saturated heterocycles. The minimum absolute atomic E-state index is 0.0398. The normalized spacial score (nSPS) is 11.6. The van der Waals surface area contributed by atoms with Crippen LogP contribution in [0.4, 0.5) is 5.69 Å². The lowest BCUT2D eigenvalue weighted by Gasteiger charge is -2.08. The van der Waals surface area contributed by atoms with E-state index in [0.29, 0.717) is 5.69 Å². The van der Waals surface area contributed by atoms with Crippen molar-refractivity contribution in [2.24, 2.45) is 0 Å². The van der Waals surface area contributed by atoms with E-state index in [1.54, 1.807) is 0 Å². The van der Waals surface area contributed by atoms with E-state index in [1.807, 2.05) is 62.4 Å². The molecule has 0 aliphatic heterocycles. The van der Waals surface area contributed by atoms with Gasteiger partial charge >= 0.3 is 0 Å². The highest BCUT2D eigenvalue weighted by atomic mass is 32.2. The molecule has 6 heteroatoms. The molecule has 0 aromatic heterocycles. The second-order valence-electron chi connectivity index (χ2n) is 5.75. The van der Waals surface area contributed by atoms with Crippen molar-refractivity contribution < 1.29 is 13.2 Å². The smallest absolute Gasteiger partial charge is 0.233 e. The number of rotatable bonds is 7. The number of carbonyl (C=O) groups excluding carboxylic acids is 1. The fourth-order valence-corrected chi connectivity index (χ4v) is 2.95. The molecular formula is C19H22N2O3S. The third kappa shape index (κ3) is 6.52. The Hall–Kier alpha value is -2.44. The van der Waals surface area contributed by atoms with Crippen molar-refractivity contribution in [2.75, 3.05) is 11.9 Å². The molecular weight excluding hydrogens is 336 g/mol. The van der Waals surface area contributed by atoms with Crippen LogP contribution in [0.25, 0.3) is 6.08 Å².